The summed E-state index contributed by atoms with van der Waals surface area (Å²) in [5.74, 6) is 1.41. The quantitative estimate of drug-likeness (QED) is 0.798. The summed E-state index contributed by atoms with van der Waals surface area (Å²) in [4.78, 5) is 14.5. The summed E-state index contributed by atoms with van der Waals surface area (Å²) >= 11 is 1.83. The molecule has 3 nitrogen and oxygen atoms in total. The molecule has 2 rings (SSSR count). The Hall–Kier alpha value is -0.220. The van der Waals surface area contributed by atoms with E-state index in [4.69, 9.17) is 0 Å². The van der Waals surface area contributed by atoms with Crippen LogP contribution in [0.1, 0.15) is 39.5 Å². The highest BCUT2D eigenvalue weighted by atomic mass is 32.2. The van der Waals surface area contributed by atoms with Crippen molar-refractivity contribution in [1.82, 2.24) is 10.2 Å². The van der Waals surface area contributed by atoms with E-state index in [1.807, 2.05) is 11.8 Å². The number of nitrogens with zero attached hydrogens (tertiary/aromatic N) is 1. The molecule has 1 aliphatic heterocycles. The van der Waals surface area contributed by atoms with E-state index in [1.165, 1.54) is 0 Å². The van der Waals surface area contributed by atoms with Crippen LogP contribution in [0.2, 0.25) is 0 Å². The van der Waals surface area contributed by atoms with Crippen LogP contribution in [0.3, 0.4) is 0 Å². The van der Waals surface area contributed by atoms with Crippen molar-refractivity contribution in [2.45, 2.75) is 57.3 Å². The predicted molar refractivity (Wildman–Crippen MR) is 68.5 cm³/mol. The molecule has 1 N–H and O–H groups in total. The van der Waals surface area contributed by atoms with Gasteiger partial charge in [-0.05, 0) is 31.9 Å². The van der Waals surface area contributed by atoms with E-state index in [-0.39, 0.29) is 11.7 Å². The van der Waals surface area contributed by atoms with Crippen LogP contribution in [0.5, 0.6) is 0 Å². The van der Waals surface area contributed by atoms with Crippen molar-refractivity contribution in [2.24, 2.45) is 0 Å². The molecule has 16 heavy (non-hydrogen) atoms. The Labute approximate surface area is 102 Å². The maximum atomic E-state index is 12.4. The van der Waals surface area contributed by atoms with Crippen molar-refractivity contribution in [3.05, 3.63) is 0 Å². The fourth-order valence-corrected chi connectivity index (χ4v) is 3.41. The Bertz CT molecular complexity index is 278. The van der Waals surface area contributed by atoms with Crippen LogP contribution in [0.25, 0.3) is 0 Å². The summed E-state index contributed by atoms with van der Waals surface area (Å²) in [5.41, 5.74) is -0.146. The minimum atomic E-state index is -0.146. The second-order valence-electron chi connectivity index (χ2n) is 4.88. The van der Waals surface area contributed by atoms with Gasteiger partial charge in [0, 0.05) is 11.8 Å². The van der Waals surface area contributed by atoms with E-state index in [0.29, 0.717) is 11.9 Å². The third-order valence-electron chi connectivity index (χ3n) is 3.78. The third kappa shape index (κ3) is 1.86. The van der Waals surface area contributed by atoms with Crippen LogP contribution in [-0.2, 0) is 4.79 Å². The molecule has 2 atom stereocenters. The molecule has 0 aromatic heterocycles. The summed E-state index contributed by atoms with van der Waals surface area (Å²) in [5, 5.41) is 3.53. The summed E-state index contributed by atoms with van der Waals surface area (Å²) < 4.78 is 0. The standard InChI is InChI=1S/C12H22N2OS/c1-4-9(8-16-3)14-10(5-2)13-12(6-7-12)11(14)15/h9-10,13H,4-8H2,1-3H3. The lowest BCUT2D eigenvalue weighted by Crippen LogP contribution is -2.45. The van der Waals surface area contributed by atoms with Crippen LogP contribution in [0, 0.1) is 0 Å². The van der Waals surface area contributed by atoms with Gasteiger partial charge in [-0.2, -0.15) is 11.8 Å². The minimum Gasteiger partial charge on any atom is -0.322 e. The van der Waals surface area contributed by atoms with Gasteiger partial charge in [-0.1, -0.05) is 13.8 Å². The van der Waals surface area contributed by atoms with Crippen molar-refractivity contribution in [3.8, 4) is 0 Å². The van der Waals surface area contributed by atoms with Gasteiger partial charge in [-0.15, -0.1) is 0 Å². The molecule has 4 heteroatoms. The molecule has 0 aromatic rings. The number of hydrogen-bond acceptors (Lipinski definition) is 3. The highest BCUT2D eigenvalue weighted by Gasteiger charge is 2.59. The molecular weight excluding hydrogens is 220 g/mol. The summed E-state index contributed by atoms with van der Waals surface area (Å²) in [6.45, 7) is 4.34. The maximum absolute atomic E-state index is 12.4. The normalized spacial score (nSPS) is 28.8. The Balaban J connectivity index is 2.13. The summed E-state index contributed by atoms with van der Waals surface area (Å²) in [6, 6.07) is 0.403. The zero-order valence-electron chi connectivity index (χ0n) is 10.5. The molecule has 1 saturated carbocycles. The Morgan fingerprint density at radius 3 is 2.69 bits per heavy atom. The first-order valence-corrected chi connectivity index (χ1v) is 7.67. The van der Waals surface area contributed by atoms with Gasteiger partial charge >= 0.3 is 0 Å². The van der Waals surface area contributed by atoms with Gasteiger partial charge in [-0.25, -0.2) is 0 Å². The number of thioether (sulfide) groups is 1. The van der Waals surface area contributed by atoms with Gasteiger partial charge in [0.1, 0.15) is 0 Å². The van der Waals surface area contributed by atoms with Gasteiger partial charge in [0.05, 0.1) is 11.7 Å². The van der Waals surface area contributed by atoms with Crippen molar-refractivity contribution in [2.75, 3.05) is 12.0 Å². The number of hydrogen-bond donors (Lipinski definition) is 1. The van der Waals surface area contributed by atoms with E-state index < -0.39 is 0 Å². The summed E-state index contributed by atoms with van der Waals surface area (Å²) in [7, 11) is 0. The summed E-state index contributed by atoms with van der Waals surface area (Å²) in [6.07, 6.45) is 6.53. The second kappa shape index (κ2) is 4.57. The molecular formula is C12H22N2OS. The van der Waals surface area contributed by atoms with E-state index in [0.717, 1.165) is 31.4 Å². The molecule has 2 fully saturated rings. The molecule has 1 saturated heterocycles. The number of carbonyl (C=O) groups is 1. The van der Waals surface area contributed by atoms with E-state index in [9.17, 15) is 4.79 Å². The monoisotopic (exact) mass is 242 g/mol. The van der Waals surface area contributed by atoms with E-state index in [2.05, 4.69) is 30.3 Å². The Morgan fingerprint density at radius 1 is 1.56 bits per heavy atom. The molecule has 0 radical (unpaired) electrons. The minimum absolute atomic E-state index is 0.146. The van der Waals surface area contributed by atoms with Gasteiger partial charge in [-0.3, -0.25) is 10.1 Å². The predicted octanol–water partition coefficient (Wildman–Crippen LogP) is 1.83. The van der Waals surface area contributed by atoms with Gasteiger partial charge in [0.2, 0.25) is 5.91 Å². The first kappa shape index (κ1) is 12.2. The average molecular weight is 242 g/mol. The molecule has 2 unspecified atom stereocenters. The van der Waals surface area contributed by atoms with Crippen molar-refractivity contribution in [3.63, 3.8) is 0 Å². The maximum Gasteiger partial charge on any atom is 0.244 e. The van der Waals surface area contributed by atoms with Gasteiger partial charge in [0.25, 0.3) is 0 Å². The number of rotatable bonds is 5. The molecule has 92 valence electrons. The molecule has 2 aliphatic rings. The molecule has 0 aromatic carbocycles. The Kier molecular flexibility index (Phi) is 3.50. The van der Waals surface area contributed by atoms with Gasteiger partial charge < -0.3 is 4.90 Å². The topological polar surface area (TPSA) is 32.3 Å². The van der Waals surface area contributed by atoms with Gasteiger partial charge in [0.15, 0.2) is 0 Å². The largest absolute Gasteiger partial charge is 0.322 e. The fraction of sp³-hybridized carbons (Fsp3) is 0.917. The van der Waals surface area contributed by atoms with Crippen LogP contribution in [-0.4, -0.2) is 40.6 Å². The fourth-order valence-electron chi connectivity index (χ4n) is 2.63. The smallest absolute Gasteiger partial charge is 0.244 e. The number of nitrogens with one attached hydrogen (secondary N) is 1. The SMILES string of the molecule is CCC(CSC)N1C(=O)C2(CC2)NC1CC. The number of carbonyl (C=O) groups excluding carboxylic acids is 1. The molecule has 1 spiro atoms. The van der Waals surface area contributed by atoms with Crippen LogP contribution < -0.4 is 5.32 Å². The van der Waals surface area contributed by atoms with Crippen molar-refractivity contribution >= 4 is 17.7 Å². The lowest BCUT2D eigenvalue weighted by molar-refractivity contribution is -0.132. The van der Waals surface area contributed by atoms with Crippen molar-refractivity contribution in [1.29, 1.82) is 0 Å². The first-order valence-electron chi connectivity index (χ1n) is 6.28. The van der Waals surface area contributed by atoms with Crippen LogP contribution in [0.15, 0.2) is 0 Å². The molecule has 1 amide bonds. The van der Waals surface area contributed by atoms with E-state index in [1.54, 1.807) is 0 Å². The Morgan fingerprint density at radius 2 is 2.25 bits per heavy atom. The zero-order valence-corrected chi connectivity index (χ0v) is 11.3. The molecule has 1 heterocycles. The third-order valence-corrected chi connectivity index (χ3v) is 4.50. The number of amides is 1. The average Bonchev–Trinajstić information content (AvgIpc) is 3.01. The lowest BCUT2D eigenvalue weighted by Gasteiger charge is -2.31. The first-order chi connectivity index (χ1) is 7.68. The highest BCUT2D eigenvalue weighted by Crippen LogP contribution is 2.43. The second-order valence-corrected chi connectivity index (χ2v) is 5.79. The zero-order chi connectivity index (χ0) is 11.8. The van der Waals surface area contributed by atoms with E-state index >= 15 is 0 Å². The van der Waals surface area contributed by atoms with Crippen LogP contribution in [0.4, 0.5) is 0 Å². The molecule has 0 bridgehead atoms. The molecule has 1 aliphatic carbocycles. The lowest BCUT2D eigenvalue weighted by atomic mass is 10.2. The van der Waals surface area contributed by atoms with Crippen molar-refractivity contribution < 1.29 is 4.79 Å². The highest BCUT2D eigenvalue weighted by molar-refractivity contribution is 7.98. The van der Waals surface area contributed by atoms with Crippen LogP contribution >= 0.6 is 11.8 Å².